The van der Waals surface area contributed by atoms with Gasteiger partial charge in [-0.15, -0.1) is 0 Å². The fraction of sp³-hybridized carbons (Fsp3) is 0.375. The van der Waals surface area contributed by atoms with Gasteiger partial charge in [0.25, 0.3) is 0 Å². The third kappa shape index (κ3) is 4.32. The van der Waals surface area contributed by atoms with Gasteiger partial charge in [0, 0.05) is 26.7 Å². The summed E-state index contributed by atoms with van der Waals surface area (Å²) in [4.78, 5) is 50.2. The minimum absolute atomic E-state index is 0.271. The predicted molar refractivity (Wildman–Crippen MR) is 90.8 cm³/mol. The Morgan fingerprint density at radius 2 is 2.04 bits per heavy atom. The number of carbonyl (C=O) groups excluding carboxylic acids is 4. The van der Waals surface area contributed by atoms with Gasteiger partial charge < -0.3 is 20.9 Å². The largest absolute Gasteiger partial charge is 0.357 e. The van der Waals surface area contributed by atoms with Crippen LogP contribution in [0.2, 0.25) is 0 Å². The van der Waals surface area contributed by atoms with Crippen molar-refractivity contribution in [1.82, 2.24) is 20.9 Å². The summed E-state index contributed by atoms with van der Waals surface area (Å²) >= 11 is 0. The summed E-state index contributed by atoms with van der Waals surface area (Å²) < 4.78 is 0. The number of nitrogens with one attached hydrogen (secondary N) is 3. The van der Waals surface area contributed by atoms with Gasteiger partial charge in [-0.3, -0.25) is 9.59 Å². The number of piperazine rings is 1. The molecule has 9 nitrogen and oxygen atoms in total. The zero-order chi connectivity index (χ0) is 18.2. The van der Waals surface area contributed by atoms with Crippen LogP contribution in [0, 0.1) is 0 Å². The molecular weight excluding hydrogens is 326 g/mol. The second-order valence-corrected chi connectivity index (χ2v) is 5.28. The molecule has 1 unspecified atom stereocenters. The number of nitrogens with zero attached hydrogens (tertiary/aromatic N) is 2. The van der Waals surface area contributed by atoms with E-state index in [2.05, 4.69) is 16.0 Å². The Bertz CT molecular complexity index is 637. The van der Waals surface area contributed by atoms with Crippen LogP contribution in [-0.4, -0.2) is 68.4 Å². The molecule has 1 fully saturated rings. The highest BCUT2D eigenvalue weighted by atomic mass is 16.2. The Hall–Kier alpha value is -2.94. The molecule has 1 heterocycles. The average Bonchev–Trinajstić information content (AvgIpc) is 2.66. The molecule has 9 heteroatoms. The highest BCUT2D eigenvalue weighted by Crippen LogP contribution is 2.18. The third-order valence-electron chi connectivity index (χ3n) is 3.76. The number of carbonyl (C=O) groups is 3. The maximum Gasteiger partial charge on any atom is 0.333 e. The number of amides is 5. The average molecular weight is 346 g/mol. The molecule has 1 aromatic carbocycles. The van der Waals surface area contributed by atoms with E-state index >= 15 is 0 Å². The molecule has 1 aromatic rings. The second-order valence-electron chi connectivity index (χ2n) is 5.28. The first-order valence-electron chi connectivity index (χ1n) is 7.81. The fourth-order valence-electron chi connectivity index (χ4n) is 2.54. The summed E-state index contributed by atoms with van der Waals surface area (Å²) in [5.74, 6) is -0.324. The second kappa shape index (κ2) is 8.78. The molecule has 1 atom stereocenters. The third-order valence-corrected chi connectivity index (χ3v) is 3.76. The van der Waals surface area contributed by atoms with Crippen LogP contribution in [0.1, 0.15) is 0 Å². The van der Waals surface area contributed by atoms with Crippen LogP contribution in [0.3, 0.4) is 0 Å². The molecule has 0 saturated carbocycles. The normalized spacial score (nSPS) is 16.7. The molecule has 0 aromatic heterocycles. The lowest BCUT2D eigenvalue weighted by molar-refractivity contribution is -0.125. The van der Waals surface area contributed by atoms with E-state index in [1.54, 1.807) is 36.6 Å². The molecule has 0 spiro atoms. The summed E-state index contributed by atoms with van der Waals surface area (Å²) in [7, 11) is 1.49. The maximum absolute atomic E-state index is 13.0. The molecule has 25 heavy (non-hydrogen) atoms. The van der Waals surface area contributed by atoms with Gasteiger partial charge in [-0.25, -0.2) is 14.5 Å². The summed E-state index contributed by atoms with van der Waals surface area (Å²) in [6, 6.07) is 6.19. The van der Waals surface area contributed by atoms with Crippen molar-refractivity contribution < 1.29 is 19.2 Å². The molecule has 0 bridgehead atoms. The number of benzene rings is 1. The lowest BCUT2D eigenvalue weighted by Gasteiger charge is -2.37. The lowest BCUT2D eigenvalue weighted by Crippen LogP contribution is -2.63. The van der Waals surface area contributed by atoms with E-state index in [9.17, 15) is 19.2 Å². The predicted octanol–water partition coefficient (Wildman–Crippen LogP) is -0.548. The Labute approximate surface area is 145 Å². The van der Waals surface area contributed by atoms with Gasteiger partial charge in [0.15, 0.2) is 0 Å². The lowest BCUT2D eigenvalue weighted by atomic mass is 10.2. The number of anilines is 1. The molecule has 3 N–H and O–H groups in total. The molecule has 1 aliphatic rings. The van der Waals surface area contributed by atoms with E-state index in [1.165, 1.54) is 11.9 Å². The summed E-state index contributed by atoms with van der Waals surface area (Å²) in [5.41, 5.74) is 0.338. The first-order chi connectivity index (χ1) is 12.1. The molecule has 133 valence electrons. The first kappa shape index (κ1) is 18.4. The number of rotatable bonds is 4. The van der Waals surface area contributed by atoms with Gasteiger partial charge >= 0.3 is 12.1 Å². The topological polar surface area (TPSA) is 111 Å². The van der Waals surface area contributed by atoms with Gasteiger partial charge in [-0.2, -0.15) is 0 Å². The molecule has 1 saturated heterocycles. The van der Waals surface area contributed by atoms with Crippen LogP contribution >= 0.6 is 0 Å². The molecule has 1 radical (unpaired) electrons. The summed E-state index contributed by atoms with van der Waals surface area (Å²) in [5, 5.41) is 7.88. The van der Waals surface area contributed by atoms with Crippen molar-refractivity contribution in [2.45, 2.75) is 6.04 Å². The van der Waals surface area contributed by atoms with Crippen LogP contribution in [0.5, 0.6) is 0 Å². The van der Waals surface area contributed by atoms with E-state index in [1.807, 2.05) is 0 Å². The van der Waals surface area contributed by atoms with Crippen molar-refractivity contribution >= 4 is 29.9 Å². The zero-order valence-electron chi connectivity index (χ0n) is 13.8. The fourth-order valence-corrected chi connectivity index (χ4v) is 2.54. The van der Waals surface area contributed by atoms with Gasteiger partial charge in [0.1, 0.15) is 6.04 Å². The quantitative estimate of drug-likeness (QED) is 0.678. The van der Waals surface area contributed by atoms with Crippen LogP contribution < -0.4 is 20.9 Å². The van der Waals surface area contributed by atoms with Crippen molar-refractivity contribution in [2.75, 3.05) is 38.1 Å². The van der Waals surface area contributed by atoms with Crippen LogP contribution in [-0.2, 0) is 9.59 Å². The van der Waals surface area contributed by atoms with Crippen molar-refractivity contribution in [3.05, 3.63) is 30.3 Å². The smallest absolute Gasteiger partial charge is 0.333 e. The van der Waals surface area contributed by atoms with E-state index in [0.717, 1.165) is 4.90 Å². The number of para-hydroxylation sites is 1. The standard InChI is InChI=1S/C16H20N5O4/c1-17-14(23)13-11-18-7-9-20(13)16(25)21(15(24)19-8-10-22)12-5-3-2-4-6-12/h2-6,13,18H,7-9,11H2,1H3,(H,17,23)(H,19,24). The molecule has 5 amide bonds. The highest BCUT2D eigenvalue weighted by molar-refractivity contribution is 6.14. The number of hydrogen-bond acceptors (Lipinski definition) is 5. The van der Waals surface area contributed by atoms with E-state index < -0.39 is 18.1 Å². The van der Waals surface area contributed by atoms with Crippen LogP contribution in [0.25, 0.3) is 0 Å². The highest BCUT2D eigenvalue weighted by Gasteiger charge is 2.36. The Morgan fingerprint density at radius 1 is 1.32 bits per heavy atom. The molecule has 2 rings (SSSR count). The SMILES string of the molecule is CNC(=O)C1CNCCN1C(=O)N(C(=O)NC[C]=O)c1ccccc1. The van der Waals surface area contributed by atoms with Crippen molar-refractivity contribution in [2.24, 2.45) is 0 Å². The van der Waals surface area contributed by atoms with Crippen molar-refractivity contribution in [1.29, 1.82) is 0 Å². The Kier molecular flexibility index (Phi) is 6.47. The van der Waals surface area contributed by atoms with Crippen molar-refractivity contribution in [3.63, 3.8) is 0 Å². The number of likely N-dealkylation sites (N-methyl/N-ethyl adjacent to an activating group) is 1. The van der Waals surface area contributed by atoms with Gasteiger partial charge in [0.05, 0.1) is 12.2 Å². The van der Waals surface area contributed by atoms with E-state index in [-0.39, 0.29) is 25.5 Å². The Morgan fingerprint density at radius 3 is 2.68 bits per heavy atom. The maximum atomic E-state index is 13.0. The number of imide groups is 1. The summed E-state index contributed by atoms with van der Waals surface area (Å²) in [6.45, 7) is 0.729. The molecular formula is C16H20N5O4. The van der Waals surface area contributed by atoms with Crippen LogP contribution in [0.15, 0.2) is 30.3 Å². The molecule has 1 aliphatic heterocycles. The van der Waals surface area contributed by atoms with Crippen LogP contribution in [0.4, 0.5) is 15.3 Å². The number of urea groups is 2. The van der Waals surface area contributed by atoms with E-state index in [4.69, 9.17) is 0 Å². The van der Waals surface area contributed by atoms with Crippen molar-refractivity contribution in [3.8, 4) is 0 Å². The zero-order valence-corrected chi connectivity index (χ0v) is 13.8. The minimum atomic E-state index is -0.756. The van der Waals surface area contributed by atoms with Gasteiger partial charge in [0.2, 0.25) is 12.2 Å². The monoisotopic (exact) mass is 346 g/mol. The minimum Gasteiger partial charge on any atom is -0.357 e. The number of hydrogen-bond donors (Lipinski definition) is 3. The van der Waals surface area contributed by atoms with Gasteiger partial charge in [-0.1, -0.05) is 18.2 Å². The first-order valence-corrected chi connectivity index (χ1v) is 7.81. The van der Waals surface area contributed by atoms with E-state index in [0.29, 0.717) is 12.2 Å². The Balaban J connectivity index is 2.31. The molecule has 0 aliphatic carbocycles. The summed E-state index contributed by atoms with van der Waals surface area (Å²) in [6.07, 6.45) is 1.55. The van der Waals surface area contributed by atoms with Gasteiger partial charge in [-0.05, 0) is 12.1 Å².